The molecule has 2 nitrogen and oxygen atoms in total. The molecule has 2 rings (SSSR count). The maximum absolute atomic E-state index is 13.4. The first-order valence-corrected chi connectivity index (χ1v) is 6.59. The highest BCUT2D eigenvalue weighted by Gasteiger charge is 2.09. The van der Waals surface area contributed by atoms with Crippen LogP contribution in [0.5, 0.6) is 0 Å². The average Bonchev–Trinajstić information content (AvgIpc) is 2.42. The molecule has 0 spiro atoms. The molecule has 2 N–H and O–H groups in total. The van der Waals surface area contributed by atoms with E-state index in [0.717, 1.165) is 17.7 Å². The van der Waals surface area contributed by atoms with E-state index in [-0.39, 0.29) is 10.8 Å². The molecule has 0 unspecified atom stereocenters. The van der Waals surface area contributed by atoms with E-state index in [4.69, 9.17) is 23.8 Å². The summed E-state index contributed by atoms with van der Waals surface area (Å²) in [7, 11) is 0. The van der Waals surface area contributed by atoms with Crippen LogP contribution in [-0.4, -0.2) is 5.11 Å². The molecular formula is C14H11ClF2N2S. The Morgan fingerprint density at radius 3 is 2.35 bits per heavy atom. The summed E-state index contributed by atoms with van der Waals surface area (Å²) in [6.07, 6.45) is 0. The SMILES string of the molecule is Fc1cccc(F)c1NC(=S)NCc1ccccc1Cl. The van der Waals surface area contributed by atoms with Crippen molar-refractivity contribution >= 4 is 34.6 Å². The number of anilines is 1. The van der Waals surface area contributed by atoms with E-state index in [1.807, 2.05) is 18.2 Å². The first kappa shape index (κ1) is 14.7. The number of hydrogen-bond acceptors (Lipinski definition) is 1. The molecule has 0 aliphatic heterocycles. The van der Waals surface area contributed by atoms with E-state index in [1.165, 1.54) is 6.07 Å². The molecule has 0 bridgehead atoms. The van der Waals surface area contributed by atoms with Gasteiger partial charge in [-0.25, -0.2) is 8.78 Å². The van der Waals surface area contributed by atoms with E-state index in [0.29, 0.717) is 11.6 Å². The number of hydrogen-bond donors (Lipinski definition) is 2. The Bertz CT molecular complexity index is 614. The van der Waals surface area contributed by atoms with Crippen molar-refractivity contribution in [3.8, 4) is 0 Å². The van der Waals surface area contributed by atoms with Crippen molar-refractivity contribution < 1.29 is 8.78 Å². The van der Waals surface area contributed by atoms with Gasteiger partial charge in [0.2, 0.25) is 0 Å². The van der Waals surface area contributed by atoms with Crippen LogP contribution in [0.3, 0.4) is 0 Å². The molecule has 0 amide bonds. The third-order valence-electron chi connectivity index (χ3n) is 2.60. The highest BCUT2D eigenvalue weighted by Crippen LogP contribution is 2.18. The van der Waals surface area contributed by atoms with Gasteiger partial charge in [0.05, 0.1) is 0 Å². The average molecular weight is 313 g/mol. The van der Waals surface area contributed by atoms with Crippen molar-refractivity contribution in [2.45, 2.75) is 6.54 Å². The topological polar surface area (TPSA) is 24.1 Å². The van der Waals surface area contributed by atoms with Gasteiger partial charge in [0.1, 0.15) is 17.3 Å². The zero-order valence-corrected chi connectivity index (χ0v) is 11.9. The van der Waals surface area contributed by atoms with Crippen molar-refractivity contribution in [3.63, 3.8) is 0 Å². The van der Waals surface area contributed by atoms with Gasteiger partial charge in [-0.1, -0.05) is 35.9 Å². The fraction of sp³-hybridized carbons (Fsp3) is 0.0714. The lowest BCUT2D eigenvalue weighted by molar-refractivity contribution is 0.591. The number of rotatable bonds is 3. The molecule has 2 aromatic carbocycles. The maximum Gasteiger partial charge on any atom is 0.171 e. The highest BCUT2D eigenvalue weighted by atomic mass is 35.5. The van der Waals surface area contributed by atoms with Crippen LogP contribution in [0, 0.1) is 11.6 Å². The summed E-state index contributed by atoms with van der Waals surface area (Å²) in [5, 5.41) is 6.06. The van der Waals surface area contributed by atoms with Crippen LogP contribution in [0.15, 0.2) is 42.5 Å². The summed E-state index contributed by atoms with van der Waals surface area (Å²) in [4.78, 5) is 0. The molecule has 0 aliphatic rings. The number of nitrogens with one attached hydrogen (secondary N) is 2. The molecule has 0 fully saturated rings. The lowest BCUT2D eigenvalue weighted by Gasteiger charge is -2.12. The van der Waals surface area contributed by atoms with E-state index < -0.39 is 11.6 Å². The lowest BCUT2D eigenvalue weighted by atomic mass is 10.2. The van der Waals surface area contributed by atoms with Crippen molar-refractivity contribution in [2.75, 3.05) is 5.32 Å². The van der Waals surface area contributed by atoms with E-state index >= 15 is 0 Å². The lowest BCUT2D eigenvalue weighted by Crippen LogP contribution is -2.28. The van der Waals surface area contributed by atoms with Crippen LogP contribution in [0.2, 0.25) is 5.02 Å². The van der Waals surface area contributed by atoms with Gasteiger partial charge in [0.25, 0.3) is 0 Å². The molecule has 104 valence electrons. The van der Waals surface area contributed by atoms with Gasteiger partial charge >= 0.3 is 0 Å². The van der Waals surface area contributed by atoms with Gasteiger partial charge in [-0.05, 0) is 36.0 Å². The molecule has 0 heterocycles. The fourth-order valence-corrected chi connectivity index (χ4v) is 1.97. The van der Waals surface area contributed by atoms with Crippen molar-refractivity contribution in [3.05, 3.63) is 64.7 Å². The Morgan fingerprint density at radius 2 is 1.70 bits per heavy atom. The first-order valence-electron chi connectivity index (χ1n) is 5.80. The molecule has 6 heteroatoms. The Kier molecular flexibility index (Phi) is 4.87. The number of para-hydroxylation sites is 1. The van der Waals surface area contributed by atoms with Crippen LogP contribution in [0.4, 0.5) is 14.5 Å². The monoisotopic (exact) mass is 312 g/mol. The van der Waals surface area contributed by atoms with Gasteiger partial charge in [0.15, 0.2) is 5.11 Å². The van der Waals surface area contributed by atoms with Crippen LogP contribution >= 0.6 is 23.8 Å². The molecule has 2 aromatic rings. The van der Waals surface area contributed by atoms with E-state index in [2.05, 4.69) is 10.6 Å². The van der Waals surface area contributed by atoms with Gasteiger partial charge in [-0.2, -0.15) is 0 Å². The Hall–Kier alpha value is -1.72. The standard InChI is InChI=1S/C14H11ClF2N2S/c15-10-5-2-1-4-9(10)8-18-14(20)19-13-11(16)6-3-7-12(13)17/h1-7H,8H2,(H2,18,19,20). The summed E-state index contributed by atoms with van der Waals surface area (Å²) in [5.74, 6) is -1.40. The number of thiocarbonyl (C=S) groups is 1. The second kappa shape index (κ2) is 6.63. The van der Waals surface area contributed by atoms with Crippen LogP contribution in [0.1, 0.15) is 5.56 Å². The second-order valence-electron chi connectivity index (χ2n) is 4.00. The first-order chi connectivity index (χ1) is 9.58. The molecular weight excluding hydrogens is 302 g/mol. The normalized spacial score (nSPS) is 10.2. The minimum atomic E-state index is -0.702. The van der Waals surface area contributed by atoms with Crippen LogP contribution in [-0.2, 0) is 6.54 Å². The van der Waals surface area contributed by atoms with Crippen molar-refractivity contribution in [1.29, 1.82) is 0 Å². The summed E-state index contributed by atoms with van der Waals surface area (Å²) < 4.78 is 26.9. The Morgan fingerprint density at radius 1 is 1.05 bits per heavy atom. The second-order valence-corrected chi connectivity index (χ2v) is 4.81. The third-order valence-corrected chi connectivity index (χ3v) is 3.21. The zero-order chi connectivity index (χ0) is 14.5. The summed E-state index contributed by atoms with van der Waals surface area (Å²) in [6, 6.07) is 10.8. The van der Waals surface area contributed by atoms with Crippen molar-refractivity contribution in [1.82, 2.24) is 5.32 Å². The predicted octanol–water partition coefficient (Wildman–Crippen LogP) is 4.10. The van der Waals surface area contributed by atoms with E-state index in [1.54, 1.807) is 6.07 Å². The zero-order valence-electron chi connectivity index (χ0n) is 10.3. The fourth-order valence-electron chi connectivity index (χ4n) is 1.59. The molecule has 0 aromatic heterocycles. The van der Waals surface area contributed by atoms with Gasteiger partial charge < -0.3 is 10.6 Å². The third kappa shape index (κ3) is 3.65. The maximum atomic E-state index is 13.4. The molecule has 20 heavy (non-hydrogen) atoms. The molecule has 0 radical (unpaired) electrons. The predicted molar refractivity (Wildman–Crippen MR) is 80.9 cm³/mol. The number of halogens is 3. The summed E-state index contributed by atoms with van der Waals surface area (Å²) >= 11 is 11.0. The van der Waals surface area contributed by atoms with Gasteiger partial charge in [0, 0.05) is 11.6 Å². The molecule has 0 aliphatic carbocycles. The molecule has 0 atom stereocenters. The number of benzene rings is 2. The highest BCUT2D eigenvalue weighted by molar-refractivity contribution is 7.80. The smallest absolute Gasteiger partial charge is 0.171 e. The van der Waals surface area contributed by atoms with E-state index in [9.17, 15) is 8.78 Å². The molecule has 0 saturated heterocycles. The largest absolute Gasteiger partial charge is 0.358 e. The van der Waals surface area contributed by atoms with Crippen molar-refractivity contribution in [2.24, 2.45) is 0 Å². The summed E-state index contributed by atoms with van der Waals surface area (Å²) in [6.45, 7) is 0.363. The van der Waals surface area contributed by atoms with Gasteiger partial charge in [-0.3, -0.25) is 0 Å². The Labute approximate surface area is 125 Å². The quantitative estimate of drug-likeness (QED) is 0.834. The summed E-state index contributed by atoms with van der Waals surface area (Å²) in [5.41, 5.74) is 0.566. The van der Waals surface area contributed by atoms with Crippen LogP contribution < -0.4 is 10.6 Å². The minimum Gasteiger partial charge on any atom is -0.358 e. The Balaban J connectivity index is 1.98. The van der Waals surface area contributed by atoms with Crippen LogP contribution in [0.25, 0.3) is 0 Å². The van der Waals surface area contributed by atoms with Gasteiger partial charge in [-0.15, -0.1) is 0 Å². The minimum absolute atomic E-state index is 0.119. The molecule has 0 saturated carbocycles.